The van der Waals surface area contributed by atoms with E-state index in [2.05, 4.69) is 20.8 Å². The highest BCUT2D eigenvalue weighted by Crippen LogP contribution is 2.70. The number of fused-ring (bicyclic) bond motifs is 2. The van der Waals surface area contributed by atoms with Crippen molar-refractivity contribution in [1.82, 2.24) is 0 Å². The molecule has 0 radical (unpaired) electrons. The summed E-state index contributed by atoms with van der Waals surface area (Å²) in [7, 11) is 0. The SMILES string of the molecule is CC1(C)C2CCC1(C)C(C1CCC(=O)CC1)C2. The zero-order valence-electron chi connectivity index (χ0n) is 11.6. The van der Waals surface area contributed by atoms with Gasteiger partial charge in [-0.25, -0.2) is 0 Å². The summed E-state index contributed by atoms with van der Waals surface area (Å²) in [6, 6.07) is 0. The Morgan fingerprint density at radius 3 is 2.18 bits per heavy atom. The van der Waals surface area contributed by atoms with Crippen molar-refractivity contribution in [2.24, 2.45) is 28.6 Å². The monoisotopic (exact) mass is 234 g/mol. The number of Topliss-reactive ketones (excluding diaryl/α,β-unsaturated/α-hetero) is 1. The van der Waals surface area contributed by atoms with Crippen LogP contribution in [0.15, 0.2) is 0 Å². The molecule has 0 aromatic rings. The molecule has 3 saturated carbocycles. The molecule has 3 rings (SSSR count). The molecular weight excluding hydrogens is 208 g/mol. The first kappa shape index (κ1) is 11.7. The fourth-order valence-electron chi connectivity index (χ4n) is 5.34. The van der Waals surface area contributed by atoms with E-state index in [0.29, 0.717) is 16.6 Å². The lowest BCUT2D eigenvalue weighted by Crippen LogP contribution is -2.37. The Kier molecular flexibility index (Phi) is 2.48. The maximum absolute atomic E-state index is 11.4. The Morgan fingerprint density at radius 2 is 1.71 bits per heavy atom. The highest BCUT2D eigenvalue weighted by atomic mass is 16.1. The minimum absolute atomic E-state index is 0.508. The molecule has 3 atom stereocenters. The van der Waals surface area contributed by atoms with Crippen LogP contribution in [-0.2, 0) is 4.79 Å². The minimum atomic E-state index is 0.508. The van der Waals surface area contributed by atoms with Crippen molar-refractivity contribution < 1.29 is 4.79 Å². The molecule has 0 spiro atoms. The number of ketones is 1. The average Bonchev–Trinajstić information content (AvgIpc) is 2.62. The van der Waals surface area contributed by atoms with E-state index in [4.69, 9.17) is 0 Å². The molecule has 96 valence electrons. The van der Waals surface area contributed by atoms with Gasteiger partial charge < -0.3 is 0 Å². The number of rotatable bonds is 1. The van der Waals surface area contributed by atoms with Gasteiger partial charge in [-0.05, 0) is 60.7 Å². The van der Waals surface area contributed by atoms with Crippen LogP contribution in [0.3, 0.4) is 0 Å². The smallest absolute Gasteiger partial charge is 0.132 e. The molecular formula is C16H26O. The van der Waals surface area contributed by atoms with Crippen LogP contribution in [0.1, 0.15) is 65.7 Å². The number of carbonyl (C=O) groups excluding carboxylic acids is 1. The van der Waals surface area contributed by atoms with Crippen molar-refractivity contribution in [2.75, 3.05) is 0 Å². The molecule has 0 aliphatic heterocycles. The first-order chi connectivity index (χ1) is 7.95. The van der Waals surface area contributed by atoms with E-state index < -0.39 is 0 Å². The quantitative estimate of drug-likeness (QED) is 0.664. The second-order valence-electron chi connectivity index (χ2n) is 7.59. The first-order valence-corrected chi connectivity index (χ1v) is 7.47. The van der Waals surface area contributed by atoms with Gasteiger partial charge in [-0.15, -0.1) is 0 Å². The predicted octanol–water partition coefficient (Wildman–Crippen LogP) is 4.21. The van der Waals surface area contributed by atoms with Crippen LogP contribution >= 0.6 is 0 Å². The minimum Gasteiger partial charge on any atom is -0.300 e. The maximum Gasteiger partial charge on any atom is 0.132 e. The molecule has 0 heterocycles. The third-order valence-corrected chi connectivity index (χ3v) is 7.02. The topological polar surface area (TPSA) is 17.1 Å². The van der Waals surface area contributed by atoms with Crippen LogP contribution in [0.2, 0.25) is 0 Å². The largest absolute Gasteiger partial charge is 0.300 e. The summed E-state index contributed by atoms with van der Waals surface area (Å²) in [4.78, 5) is 11.4. The standard InChI is InChI=1S/C16H26O/c1-15(2)12-8-9-16(15,3)14(10-12)11-4-6-13(17)7-5-11/h11-12,14H,4-10H2,1-3H3. The molecule has 3 fully saturated rings. The zero-order chi connectivity index (χ0) is 12.3. The first-order valence-electron chi connectivity index (χ1n) is 7.47. The van der Waals surface area contributed by atoms with Crippen molar-refractivity contribution in [2.45, 2.75) is 65.7 Å². The van der Waals surface area contributed by atoms with Crippen LogP contribution in [0.4, 0.5) is 0 Å². The molecule has 0 aromatic carbocycles. The summed E-state index contributed by atoms with van der Waals surface area (Å²) in [5.74, 6) is 3.22. The molecule has 0 aromatic heterocycles. The van der Waals surface area contributed by atoms with Gasteiger partial charge in [-0.1, -0.05) is 20.8 Å². The average molecular weight is 234 g/mol. The van der Waals surface area contributed by atoms with E-state index in [-0.39, 0.29) is 0 Å². The summed E-state index contributed by atoms with van der Waals surface area (Å²) < 4.78 is 0. The normalized spacial score (nSPS) is 45.5. The van der Waals surface area contributed by atoms with Gasteiger partial charge in [0.2, 0.25) is 0 Å². The molecule has 1 heteroatoms. The van der Waals surface area contributed by atoms with Crippen LogP contribution in [0, 0.1) is 28.6 Å². The lowest BCUT2D eigenvalue weighted by molar-refractivity contribution is -0.121. The van der Waals surface area contributed by atoms with Gasteiger partial charge in [0, 0.05) is 12.8 Å². The van der Waals surface area contributed by atoms with E-state index in [0.717, 1.165) is 30.6 Å². The van der Waals surface area contributed by atoms with Crippen LogP contribution in [0.5, 0.6) is 0 Å². The van der Waals surface area contributed by atoms with Gasteiger partial charge in [0.25, 0.3) is 0 Å². The van der Waals surface area contributed by atoms with Gasteiger partial charge >= 0.3 is 0 Å². The second kappa shape index (κ2) is 3.59. The number of carbonyl (C=O) groups is 1. The van der Waals surface area contributed by atoms with Crippen molar-refractivity contribution >= 4 is 5.78 Å². The van der Waals surface area contributed by atoms with Crippen molar-refractivity contribution in [3.63, 3.8) is 0 Å². The molecule has 17 heavy (non-hydrogen) atoms. The molecule has 3 aliphatic rings. The van der Waals surface area contributed by atoms with E-state index in [1.807, 2.05) is 0 Å². The maximum atomic E-state index is 11.4. The predicted molar refractivity (Wildman–Crippen MR) is 69.7 cm³/mol. The lowest BCUT2D eigenvalue weighted by Gasteiger charge is -2.43. The van der Waals surface area contributed by atoms with Gasteiger partial charge in [-0.3, -0.25) is 4.79 Å². The molecule has 3 aliphatic carbocycles. The summed E-state index contributed by atoms with van der Waals surface area (Å²) >= 11 is 0. The van der Waals surface area contributed by atoms with Crippen LogP contribution < -0.4 is 0 Å². The fourth-order valence-corrected chi connectivity index (χ4v) is 5.34. The highest BCUT2D eigenvalue weighted by Gasteiger charge is 2.62. The Bertz CT molecular complexity index is 333. The Labute approximate surface area is 105 Å². The molecule has 0 amide bonds. The van der Waals surface area contributed by atoms with E-state index in [9.17, 15) is 4.79 Å². The third kappa shape index (κ3) is 1.47. The summed E-state index contributed by atoms with van der Waals surface area (Å²) in [5.41, 5.74) is 1.10. The molecule has 3 unspecified atom stereocenters. The van der Waals surface area contributed by atoms with Crippen molar-refractivity contribution in [3.05, 3.63) is 0 Å². The molecule has 0 saturated heterocycles. The second-order valence-corrected chi connectivity index (χ2v) is 7.59. The van der Waals surface area contributed by atoms with E-state index in [1.165, 1.54) is 32.1 Å². The fraction of sp³-hybridized carbons (Fsp3) is 0.938. The van der Waals surface area contributed by atoms with Crippen LogP contribution in [0.25, 0.3) is 0 Å². The zero-order valence-corrected chi connectivity index (χ0v) is 11.6. The van der Waals surface area contributed by atoms with Gasteiger partial charge in [0.1, 0.15) is 5.78 Å². The molecule has 0 N–H and O–H groups in total. The van der Waals surface area contributed by atoms with E-state index >= 15 is 0 Å². The Balaban J connectivity index is 1.80. The van der Waals surface area contributed by atoms with E-state index in [1.54, 1.807) is 0 Å². The Hall–Kier alpha value is -0.330. The van der Waals surface area contributed by atoms with Crippen molar-refractivity contribution in [1.29, 1.82) is 0 Å². The summed E-state index contributed by atoms with van der Waals surface area (Å²) in [5, 5.41) is 0. The summed E-state index contributed by atoms with van der Waals surface area (Å²) in [6.07, 6.45) is 8.42. The van der Waals surface area contributed by atoms with Gasteiger partial charge in [-0.2, -0.15) is 0 Å². The molecule has 1 nitrogen and oxygen atoms in total. The number of hydrogen-bond donors (Lipinski definition) is 0. The lowest BCUT2D eigenvalue weighted by atomic mass is 9.61. The van der Waals surface area contributed by atoms with Crippen molar-refractivity contribution in [3.8, 4) is 0 Å². The number of hydrogen-bond acceptors (Lipinski definition) is 1. The summed E-state index contributed by atoms with van der Waals surface area (Å²) in [6.45, 7) is 7.54. The van der Waals surface area contributed by atoms with Gasteiger partial charge in [0.15, 0.2) is 0 Å². The molecule has 2 bridgehead atoms. The Morgan fingerprint density at radius 1 is 1.06 bits per heavy atom. The van der Waals surface area contributed by atoms with Gasteiger partial charge in [0.05, 0.1) is 0 Å². The highest BCUT2D eigenvalue weighted by molar-refractivity contribution is 5.79. The third-order valence-electron chi connectivity index (χ3n) is 7.02. The van der Waals surface area contributed by atoms with Crippen LogP contribution in [-0.4, -0.2) is 5.78 Å².